The molecule has 0 saturated carbocycles. The molecule has 0 unspecified atom stereocenters. The molecule has 2 aromatic rings. The number of hydrogen-bond acceptors (Lipinski definition) is 3. The van der Waals surface area contributed by atoms with Crippen molar-refractivity contribution < 1.29 is 9.47 Å². The van der Waals surface area contributed by atoms with E-state index in [2.05, 4.69) is 24.0 Å². The second kappa shape index (κ2) is 9.23. The molecule has 0 heterocycles. The summed E-state index contributed by atoms with van der Waals surface area (Å²) in [6.45, 7) is 5.80. The second-order valence-corrected chi connectivity index (χ2v) is 5.57. The van der Waals surface area contributed by atoms with Crippen LogP contribution in [-0.4, -0.2) is 20.3 Å². The van der Waals surface area contributed by atoms with Crippen molar-refractivity contribution in [3.05, 3.63) is 71.3 Å². The summed E-state index contributed by atoms with van der Waals surface area (Å²) < 4.78 is 10.9. The molecule has 0 amide bonds. The predicted octanol–water partition coefficient (Wildman–Crippen LogP) is 4.25. The second-order valence-electron chi connectivity index (χ2n) is 5.14. The number of hydrogen-bond donors (Lipinski definition) is 1. The molecule has 2 aromatic carbocycles. The van der Waals surface area contributed by atoms with Gasteiger partial charge in [0.1, 0.15) is 6.61 Å². The van der Waals surface area contributed by atoms with Crippen LogP contribution < -0.4 is 14.8 Å². The Hall–Kier alpha value is -1.97. The summed E-state index contributed by atoms with van der Waals surface area (Å²) in [6.07, 6.45) is 2.68. The van der Waals surface area contributed by atoms with Gasteiger partial charge in [0.25, 0.3) is 0 Å². The molecule has 4 heteroatoms. The number of nitrogens with one attached hydrogen (secondary N) is 1. The molecule has 0 saturated heterocycles. The molecular formula is C19H22ClNO2. The maximum Gasteiger partial charge on any atom is 0.161 e. The van der Waals surface area contributed by atoms with Crippen LogP contribution in [0.1, 0.15) is 11.1 Å². The quantitative estimate of drug-likeness (QED) is 0.550. The Balaban J connectivity index is 1.83. The van der Waals surface area contributed by atoms with Gasteiger partial charge in [0.2, 0.25) is 0 Å². The van der Waals surface area contributed by atoms with Crippen molar-refractivity contribution in [3.8, 4) is 11.5 Å². The van der Waals surface area contributed by atoms with Crippen molar-refractivity contribution in [2.75, 3.05) is 20.3 Å². The van der Waals surface area contributed by atoms with Crippen molar-refractivity contribution in [2.45, 2.75) is 13.0 Å². The molecule has 0 aliphatic rings. The highest BCUT2D eigenvalue weighted by atomic mass is 35.5. The van der Waals surface area contributed by atoms with Crippen LogP contribution in [0.2, 0.25) is 5.02 Å². The fourth-order valence-corrected chi connectivity index (χ4v) is 2.33. The van der Waals surface area contributed by atoms with Crippen LogP contribution in [0.25, 0.3) is 0 Å². The first-order chi connectivity index (χ1) is 11.2. The lowest BCUT2D eigenvalue weighted by Gasteiger charge is -2.11. The fourth-order valence-electron chi connectivity index (χ4n) is 2.21. The average molecular weight is 332 g/mol. The minimum atomic E-state index is 0.467. The van der Waals surface area contributed by atoms with E-state index in [9.17, 15) is 0 Å². The molecule has 0 fully saturated rings. The topological polar surface area (TPSA) is 30.5 Å². The Kier molecular flexibility index (Phi) is 6.98. The monoisotopic (exact) mass is 331 g/mol. The number of ether oxygens (including phenoxy) is 2. The van der Waals surface area contributed by atoms with Gasteiger partial charge in [-0.2, -0.15) is 0 Å². The zero-order valence-electron chi connectivity index (χ0n) is 13.3. The molecule has 0 aromatic heterocycles. The van der Waals surface area contributed by atoms with Crippen molar-refractivity contribution >= 4 is 11.6 Å². The van der Waals surface area contributed by atoms with Crippen LogP contribution in [0, 0.1) is 0 Å². The van der Waals surface area contributed by atoms with E-state index in [1.807, 2.05) is 30.3 Å². The molecule has 122 valence electrons. The molecule has 3 nitrogen and oxygen atoms in total. The van der Waals surface area contributed by atoms with E-state index in [1.165, 1.54) is 5.56 Å². The summed E-state index contributed by atoms with van der Waals surface area (Å²) >= 11 is 5.88. The van der Waals surface area contributed by atoms with Gasteiger partial charge in [0, 0.05) is 11.6 Å². The van der Waals surface area contributed by atoms with Gasteiger partial charge in [-0.05, 0) is 48.4 Å². The Morgan fingerprint density at radius 3 is 2.52 bits per heavy atom. The van der Waals surface area contributed by atoms with Gasteiger partial charge in [-0.3, -0.25) is 0 Å². The van der Waals surface area contributed by atoms with Gasteiger partial charge in [0.15, 0.2) is 11.5 Å². The summed E-state index contributed by atoms with van der Waals surface area (Å²) in [7, 11) is 1.65. The van der Waals surface area contributed by atoms with E-state index in [-0.39, 0.29) is 0 Å². The van der Waals surface area contributed by atoms with Gasteiger partial charge >= 0.3 is 0 Å². The van der Waals surface area contributed by atoms with Crippen LogP contribution in [-0.2, 0) is 13.0 Å². The zero-order chi connectivity index (χ0) is 16.5. The van der Waals surface area contributed by atoms with Crippen LogP contribution in [0.5, 0.6) is 11.5 Å². The first-order valence-corrected chi connectivity index (χ1v) is 7.96. The standard InChI is InChI=1S/C19H22ClNO2/c1-3-12-23-18-9-6-16(13-19(18)22-2)14-21-11-10-15-4-7-17(20)8-5-15/h3-9,13,21H,1,10-12,14H2,2H3. The normalized spacial score (nSPS) is 10.3. The van der Waals surface area contributed by atoms with E-state index in [4.69, 9.17) is 21.1 Å². The third-order valence-electron chi connectivity index (χ3n) is 3.42. The molecule has 2 rings (SSSR count). The van der Waals surface area contributed by atoms with Crippen molar-refractivity contribution in [1.29, 1.82) is 0 Å². The highest BCUT2D eigenvalue weighted by Gasteiger charge is 2.05. The summed E-state index contributed by atoms with van der Waals surface area (Å²) in [5.74, 6) is 1.47. The Labute approximate surface area is 142 Å². The lowest BCUT2D eigenvalue weighted by atomic mass is 10.1. The average Bonchev–Trinajstić information content (AvgIpc) is 2.58. The van der Waals surface area contributed by atoms with Gasteiger partial charge in [0.05, 0.1) is 7.11 Å². The zero-order valence-corrected chi connectivity index (χ0v) is 14.1. The molecule has 1 N–H and O–H groups in total. The van der Waals surface area contributed by atoms with Crippen LogP contribution in [0.3, 0.4) is 0 Å². The lowest BCUT2D eigenvalue weighted by Crippen LogP contribution is -2.16. The smallest absolute Gasteiger partial charge is 0.161 e. The molecule has 0 spiro atoms. The minimum Gasteiger partial charge on any atom is -0.493 e. The SMILES string of the molecule is C=CCOc1ccc(CNCCc2ccc(Cl)cc2)cc1OC. The minimum absolute atomic E-state index is 0.467. The number of benzene rings is 2. The first kappa shape index (κ1) is 17.4. The van der Waals surface area contributed by atoms with E-state index in [0.29, 0.717) is 6.61 Å². The lowest BCUT2D eigenvalue weighted by molar-refractivity contribution is 0.326. The van der Waals surface area contributed by atoms with E-state index in [0.717, 1.165) is 41.6 Å². The fraction of sp³-hybridized carbons (Fsp3) is 0.263. The van der Waals surface area contributed by atoms with Gasteiger partial charge < -0.3 is 14.8 Å². The van der Waals surface area contributed by atoms with Gasteiger partial charge in [-0.15, -0.1) is 0 Å². The van der Waals surface area contributed by atoms with Crippen LogP contribution in [0.15, 0.2) is 55.1 Å². The third-order valence-corrected chi connectivity index (χ3v) is 3.67. The van der Waals surface area contributed by atoms with Gasteiger partial charge in [-0.1, -0.05) is 42.5 Å². The molecule has 0 aliphatic carbocycles. The predicted molar refractivity (Wildman–Crippen MR) is 95.5 cm³/mol. The Bertz CT molecular complexity index is 626. The van der Waals surface area contributed by atoms with E-state index in [1.54, 1.807) is 13.2 Å². The van der Waals surface area contributed by atoms with Crippen LogP contribution >= 0.6 is 11.6 Å². The molecule has 0 aliphatic heterocycles. The van der Waals surface area contributed by atoms with Crippen LogP contribution in [0.4, 0.5) is 0 Å². The Morgan fingerprint density at radius 1 is 1.09 bits per heavy atom. The highest BCUT2D eigenvalue weighted by molar-refractivity contribution is 6.30. The van der Waals surface area contributed by atoms with Gasteiger partial charge in [-0.25, -0.2) is 0 Å². The van der Waals surface area contributed by atoms with Crippen molar-refractivity contribution in [2.24, 2.45) is 0 Å². The molecular weight excluding hydrogens is 310 g/mol. The molecule has 0 atom stereocenters. The molecule has 0 radical (unpaired) electrons. The highest BCUT2D eigenvalue weighted by Crippen LogP contribution is 2.28. The third kappa shape index (κ3) is 5.62. The Morgan fingerprint density at radius 2 is 1.83 bits per heavy atom. The maximum absolute atomic E-state index is 5.88. The van der Waals surface area contributed by atoms with Crippen molar-refractivity contribution in [1.82, 2.24) is 5.32 Å². The number of rotatable bonds is 9. The first-order valence-electron chi connectivity index (χ1n) is 7.58. The summed E-state index contributed by atoms with van der Waals surface area (Å²) in [4.78, 5) is 0. The van der Waals surface area contributed by atoms with E-state index >= 15 is 0 Å². The summed E-state index contributed by atoms with van der Waals surface area (Å²) in [6, 6.07) is 13.9. The molecule has 23 heavy (non-hydrogen) atoms. The number of methoxy groups -OCH3 is 1. The molecule has 0 bridgehead atoms. The summed E-state index contributed by atoms with van der Waals surface area (Å²) in [5, 5.41) is 4.20. The maximum atomic E-state index is 5.88. The largest absolute Gasteiger partial charge is 0.493 e. The number of halogens is 1. The summed E-state index contributed by atoms with van der Waals surface area (Å²) in [5.41, 5.74) is 2.43. The van der Waals surface area contributed by atoms with Crippen molar-refractivity contribution in [3.63, 3.8) is 0 Å². The van der Waals surface area contributed by atoms with E-state index < -0.39 is 0 Å².